The Bertz CT molecular complexity index is 774. The molecule has 7 nitrogen and oxygen atoms in total. The predicted octanol–water partition coefficient (Wildman–Crippen LogP) is 3.63. The second-order valence-corrected chi connectivity index (χ2v) is 9.69. The maximum atomic E-state index is 13.4. The van der Waals surface area contributed by atoms with E-state index in [-0.39, 0.29) is 31.1 Å². The molecule has 0 aromatic heterocycles. The van der Waals surface area contributed by atoms with Crippen molar-refractivity contribution < 1.29 is 32.9 Å². The summed E-state index contributed by atoms with van der Waals surface area (Å²) in [5.41, 5.74) is 0.227. The molecule has 0 spiro atoms. The average Bonchev–Trinajstić information content (AvgIpc) is 3.51. The topological polar surface area (TPSA) is 83.1 Å². The molecule has 1 aromatic rings. The molecule has 0 unspecified atom stereocenters. The van der Waals surface area contributed by atoms with Gasteiger partial charge in [-0.2, -0.15) is 0 Å². The van der Waals surface area contributed by atoms with Crippen LogP contribution in [0, 0.1) is 17.7 Å². The van der Waals surface area contributed by atoms with Gasteiger partial charge in [0, 0.05) is 12.5 Å². The Morgan fingerprint density at radius 3 is 2.50 bits per heavy atom. The van der Waals surface area contributed by atoms with Crippen LogP contribution in [-0.4, -0.2) is 55.7 Å². The summed E-state index contributed by atoms with van der Waals surface area (Å²) < 4.78 is 36.3. The van der Waals surface area contributed by atoms with Crippen molar-refractivity contribution in [2.45, 2.75) is 70.8 Å². The minimum atomic E-state index is -0.985. The zero-order valence-corrected chi connectivity index (χ0v) is 19.3. The first-order valence-corrected chi connectivity index (χ1v) is 11.2. The van der Waals surface area contributed by atoms with E-state index in [9.17, 15) is 14.0 Å². The molecular formula is C24H34FNO6. The summed E-state index contributed by atoms with van der Waals surface area (Å²) in [6.45, 7) is 7.89. The lowest BCUT2D eigenvalue weighted by atomic mass is 9.89. The van der Waals surface area contributed by atoms with Crippen molar-refractivity contribution in [3.8, 4) is 0 Å². The number of halogens is 1. The van der Waals surface area contributed by atoms with E-state index in [1.165, 1.54) is 12.1 Å². The van der Waals surface area contributed by atoms with Crippen LogP contribution in [0.5, 0.6) is 0 Å². The van der Waals surface area contributed by atoms with Crippen LogP contribution in [0.15, 0.2) is 24.3 Å². The Labute approximate surface area is 188 Å². The zero-order chi connectivity index (χ0) is 23.3. The number of hydrogen-bond donors (Lipinski definition) is 1. The number of carbonyl (C=O) groups is 2. The van der Waals surface area contributed by atoms with Crippen LogP contribution in [0.2, 0.25) is 0 Å². The highest BCUT2D eigenvalue weighted by atomic mass is 19.1. The van der Waals surface area contributed by atoms with Crippen LogP contribution < -0.4 is 5.32 Å². The second-order valence-electron chi connectivity index (χ2n) is 9.69. The summed E-state index contributed by atoms with van der Waals surface area (Å²) in [6, 6.07) is 5.29. The minimum Gasteiger partial charge on any atom is -0.461 e. The lowest BCUT2D eigenvalue weighted by Crippen LogP contribution is -2.47. The van der Waals surface area contributed by atoms with E-state index < -0.39 is 29.8 Å². The van der Waals surface area contributed by atoms with E-state index in [0.29, 0.717) is 18.9 Å². The predicted molar refractivity (Wildman–Crippen MR) is 116 cm³/mol. The summed E-state index contributed by atoms with van der Waals surface area (Å²) in [5.74, 6) is -0.518. The van der Waals surface area contributed by atoms with Crippen molar-refractivity contribution in [3.05, 3.63) is 35.6 Å². The summed E-state index contributed by atoms with van der Waals surface area (Å²) in [7, 11) is 0. The van der Waals surface area contributed by atoms with Crippen LogP contribution in [0.3, 0.4) is 0 Å². The summed E-state index contributed by atoms with van der Waals surface area (Å²) in [4.78, 5) is 25.0. The molecule has 32 heavy (non-hydrogen) atoms. The van der Waals surface area contributed by atoms with Crippen LogP contribution in [-0.2, 0) is 30.2 Å². The molecule has 1 saturated heterocycles. The van der Waals surface area contributed by atoms with Crippen molar-refractivity contribution >= 4 is 12.1 Å². The third-order valence-electron chi connectivity index (χ3n) is 5.55. The summed E-state index contributed by atoms with van der Waals surface area (Å²) in [6.07, 6.45) is 1.34. The third kappa shape index (κ3) is 7.74. The number of benzene rings is 1. The first-order chi connectivity index (χ1) is 15.1. The molecule has 8 heteroatoms. The van der Waals surface area contributed by atoms with E-state index in [1.807, 2.05) is 6.92 Å². The molecule has 1 N–H and O–H groups in total. The average molecular weight is 452 g/mol. The lowest BCUT2D eigenvalue weighted by molar-refractivity contribution is -0.155. The number of amides is 1. The molecule has 1 saturated carbocycles. The van der Waals surface area contributed by atoms with Gasteiger partial charge in [-0.05, 0) is 70.6 Å². The molecular weight excluding hydrogens is 417 g/mol. The van der Waals surface area contributed by atoms with Gasteiger partial charge < -0.3 is 24.3 Å². The fourth-order valence-corrected chi connectivity index (χ4v) is 3.61. The fourth-order valence-electron chi connectivity index (χ4n) is 3.61. The monoisotopic (exact) mass is 451 g/mol. The smallest absolute Gasteiger partial charge is 0.408 e. The number of alkyl carbamates (subject to hydrolysis) is 1. The van der Waals surface area contributed by atoms with E-state index in [2.05, 4.69) is 5.32 Å². The van der Waals surface area contributed by atoms with Crippen molar-refractivity contribution in [2.75, 3.05) is 19.8 Å². The van der Waals surface area contributed by atoms with Gasteiger partial charge >= 0.3 is 12.1 Å². The Morgan fingerprint density at radius 1 is 1.19 bits per heavy atom. The van der Waals surface area contributed by atoms with E-state index >= 15 is 0 Å². The Balaban J connectivity index is 1.72. The first-order valence-electron chi connectivity index (χ1n) is 11.2. The number of rotatable bonds is 6. The van der Waals surface area contributed by atoms with E-state index in [1.54, 1.807) is 32.9 Å². The van der Waals surface area contributed by atoms with Gasteiger partial charge in [0.1, 0.15) is 17.5 Å². The summed E-state index contributed by atoms with van der Waals surface area (Å²) >= 11 is 0. The summed E-state index contributed by atoms with van der Waals surface area (Å²) in [5, 5.41) is 2.54. The van der Waals surface area contributed by atoms with Crippen molar-refractivity contribution in [2.24, 2.45) is 11.8 Å². The molecule has 1 amide bonds. The molecule has 1 aliphatic carbocycles. The van der Waals surface area contributed by atoms with E-state index in [4.69, 9.17) is 18.9 Å². The maximum absolute atomic E-state index is 13.4. The number of nitrogens with one attached hydrogen (secondary N) is 1. The lowest BCUT2D eigenvalue weighted by Gasteiger charge is -2.31. The van der Waals surface area contributed by atoms with Gasteiger partial charge in [-0.1, -0.05) is 12.1 Å². The highest BCUT2D eigenvalue weighted by molar-refractivity contribution is 5.81. The van der Waals surface area contributed by atoms with Gasteiger partial charge in [0.15, 0.2) is 6.04 Å². The molecule has 2 fully saturated rings. The highest BCUT2D eigenvalue weighted by Gasteiger charge is 2.37. The Hall–Kier alpha value is -2.19. The van der Waals surface area contributed by atoms with Crippen molar-refractivity contribution in [1.82, 2.24) is 5.32 Å². The number of esters is 1. The van der Waals surface area contributed by atoms with Gasteiger partial charge in [-0.25, -0.2) is 14.0 Å². The molecule has 0 bridgehead atoms. The molecule has 178 valence electrons. The highest BCUT2D eigenvalue weighted by Crippen LogP contribution is 2.31. The fraction of sp³-hybridized carbons (Fsp3) is 0.667. The van der Waals surface area contributed by atoms with Gasteiger partial charge in [0.25, 0.3) is 0 Å². The van der Waals surface area contributed by atoms with Crippen molar-refractivity contribution in [1.29, 1.82) is 0 Å². The third-order valence-corrected chi connectivity index (χ3v) is 5.55. The molecule has 1 heterocycles. The van der Waals surface area contributed by atoms with Gasteiger partial charge in [-0.15, -0.1) is 0 Å². The zero-order valence-electron chi connectivity index (χ0n) is 19.3. The molecule has 3 rings (SSSR count). The van der Waals surface area contributed by atoms with Gasteiger partial charge in [-0.3, -0.25) is 0 Å². The van der Waals surface area contributed by atoms with Crippen molar-refractivity contribution in [3.63, 3.8) is 0 Å². The number of hydrogen-bond acceptors (Lipinski definition) is 6. The van der Waals surface area contributed by atoms with Crippen LogP contribution >= 0.6 is 0 Å². The number of ether oxygens (including phenoxy) is 4. The molecule has 1 aliphatic heterocycles. The van der Waals surface area contributed by atoms with Gasteiger partial charge in [0.05, 0.1) is 19.3 Å². The molecule has 1 aromatic carbocycles. The van der Waals surface area contributed by atoms with Crippen LogP contribution in [0.4, 0.5) is 9.18 Å². The van der Waals surface area contributed by atoms with Crippen LogP contribution in [0.1, 0.15) is 46.1 Å². The first kappa shape index (κ1) is 24.5. The Morgan fingerprint density at radius 2 is 1.88 bits per heavy atom. The minimum absolute atomic E-state index is 0.0443. The molecule has 0 radical (unpaired) electrons. The normalized spacial score (nSPS) is 27.0. The van der Waals surface area contributed by atoms with E-state index in [0.717, 1.165) is 18.4 Å². The Kier molecular flexibility index (Phi) is 8.11. The second kappa shape index (κ2) is 10.6. The largest absolute Gasteiger partial charge is 0.461 e. The molecule has 4 atom stereocenters. The van der Waals surface area contributed by atoms with Crippen LogP contribution in [0.25, 0.3) is 0 Å². The molecule has 2 aliphatic rings. The SMILES string of the molecule is C[C@@H]1OC(=O)[C@@H](NC(=O)OC(C)(C)C)COC[C@H](OCC2CC2)[C@H]1Cc1ccc(F)cc1. The quantitative estimate of drug-likeness (QED) is 0.665. The van der Waals surface area contributed by atoms with Gasteiger partial charge in [0.2, 0.25) is 0 Å². The standard InChI is InChI=1S/C24H34FNO6/c1-15-19(11-16-7-9-18(25)10-8-16)21(30-12-17-5-6-17)14-29-13-20(22(27)31-15)26-23(28)32-24(2,3)4/h7-10,15,17,19-21H,5-6,11-14H2,1-4H3,(H,26,28)/t15-,19-,20-,21-/m0/s1. The number of carbonyl (C=O) groups excluding carboxylic acids is 2. The number of cyclic esters (lactones) is 1. The maximum Gasteiger partial charge on any atom is 0.408 e.